The van der Waals surface area contributed by atoms with E-state index in [1.165, 1.54) is 12.3 Å². The summed E-state index contributed by atoms with van der Waals surface area (Å²) in [5.74, 6) is -1.13. The van der Waals surface area contributed by atoms with Gasteiger partial charge in [0.1, 0.15) is 17.5 Å². The Bertz CT molecular complexity index is 581. The Balaban J connectivity index is 3.17. The summed E-state index contributed by atoms with van der Waals surface area (Å²) in [5, 5.41) is 19.8. The lowest BCUT2D eigenvalue weighted by molar-refractivity contribution is -0.384. The number of hydrogen-bond donors (Lipinski definition) is 1. The van der Waals surface area contributed by atoms with E-state index in [9.17, 15) is 19.7 Å². The van der Waals surface area contributed by atoms with E-state index < -0.39 is 28.3 Å². The molecule has 0 unspecified atom stereocenters. The van der Waals surface area contributed by atoms with E-state index >= 15 is 0 Å². The lowest BCUT2D eigenvalue weighted by atomic mass is 10.2. The zero-order chi connectivity index (χ0) is 16.9. The number of hydrogen-bond acceptors (Lipinski definition) is 6. The van der Waals surface area contributed by atoms with Crippen LogP contribution in [0, 0.1) is 10.1 Å². The van der Waals surface area contributed by atoms with Crippen molar-refractivity contribution in [2.45, 2.75) is 32.8 Å². The first-order valence-corrected chi connectivity index (χ1v) is 6.42. The highest BCUT2D eigenvalue weighted by atomic mass is 16.6. The fourth-order valence-corrected chi connectivity index (χ4v) is 1.58. The number of pyridine rings is 1. The summed E-state index contributed by atoms with van der Waals surface area (Å²) in [6, 6.07) is 1.27. The van der Waals surface area contributed by atoms with Crippen molar-refractivity contribution < 1.29 is 24.4 Å². The number of carboxylic acids is 1. The van der Waals surface area contributed by atoms with Gasteiger partial charge in [-0.05, 0) is 26.8 Å². The Labute approximate surface area is 126 Å². The van der Waals surface area contributed by atoms with Crippen molar-refractivity contribution in [1.29, 1.82) is 0 Å². The summed E-state index contributed by atoms with van der Waals surface area (Å²) < 4.78 is 5.17. The second-order valence-electron chi connectivity index (χ2n) is 5.40. The van der Waals surface area contributed by atoms with E-state index in [0.29, 0.717) is 0 Å². The summed E-state index contributed by atoms with van der Waals surface area (Å²) >= 11 is 0. The zero-order valence-corrected chi connectivity index (χ0v) is 12.5. The van der Waals surface area contributed by atoms with Gasteiger partial charge in [0.05, 0.1) is 11.3 Å². The fourth-order valence-electron chi connectivity index (χ4n) is 1.58. The van der Waals surface area contributed by atoms with Gasteiger partial charge in [0.15, 0.2) is 0 Å². The highest BCUT2D eigenvalue weighted by Crippen LogP contribution is 2.28. The van der Waals surface area contributed by atoms with Crippen LogP contribution in [0.3, 0.4) is 0 Å². The van der Waals surface area contributed by atoms with Crippen molar-refractivity contribution in [2.75, 3.05) is 11.4 Å². The molecule has 0 fully saturated rings. The van der Waals surface area contributed by atoms with Gasteiger partial charge < -0.3 is 9.84 Å². The molecule has 0 saturated heterocycles. The van der Waals surface area contributed by atoms with Crippen molar-refractivity contribution in [3.05, 3.63) is 28.6 Å². The van der Waals surface area contributed by atoms with Crippen molar-refractivity contribution >= 4 is 23.4 Å². The molecule has 9 heteroatoms. The van der Waals surface area contributed by atoms with E-state index in [-0.39, 0.29) is 18.7 Å². The van der Waals surface area contributed by atoms with Gasteiger partial charge in [0, 0.05) is 12.7 Å². The number of aliphatic carboxylic acids is 1. The first kappa shape index (κ1) is 17.3. The molecular weight excluding hydrogens is 294 g/mol. The molecule has 1 amide bonds. The van der Waals surface area contributed by atoms with E-state index in [2.05, 4.69) is 4.98 Å². The van der Waals surface area contributed by atoms with Crippen LogP contribution in [0.2, 0.25) is 0 Å². The molecule has 0 aliphatic heterocycles. The molecule has 0 spiro atoms. The molecule has 1 rings (SSSR count). The van der Waals surface area contributed by atoms with Crippen LogP contribution in [0.1, 0.15) is 27.2 Å². The van der Waals surface area contributed by atoms with E-state index in [1.54, 1.807) is 20.8 Å². The number of rotatable bonds is 5. The Morgan fingerprint density at radius 2 is 2.09 bits per heavy atom. The minimum Gasteiger partial charge on any atom is -0.481 e. The molecular formula is C13H17N3O6. The predicted octanol–water partition coefficient (Wildman–Crippen LogP) is 2.21. The molecule has 1 heterocycles. The molecule has 0 atom stereocenters. The average Bonchev–Trinajstić information content (AvgIpc) is 2.36. The Kier molecular flexibility index (Phi) is 5.39. The number of ether oxygens (including phenoxy) is 1. The fraction of sp³-hybridized carbons (Fsp3) is 0.462. The number of carbonyl (C=O) groups excluding carboxylic acids is 1. The van der Waals surface area contributed by atoms with Gasteiger partial charge in [-0.2, -0.15) is 0 Å². The van der Waals surface area contributed by atoms with Crippen LogP contribution in [-0.4, -0.2) is 39.2 Å². The molecule has 120 valence electrons. The molecule has 1 N–H and O–H groups in total. The number of anilines is 1. The van der Waals surface area contributed by atoms with Crippen LogP contribution in [0.15, 0.2) is 18.5 Å². The minimum absolute atomic E-state index is 0.0597. The maximum atomic E-state index is 12.2. The Hall–Kier alpha value is -2.71. The van der Waals surface area contributed by atoms with Gasteiger partial charge in [-0.15, -0.1) is 0 Å². The van der Waals surface area contributed by atoms with Gasteiger partial charge in [-0.25, -0.2) is 4.79 Å². The SMILES string of the molecule is CC(C)(C)OC(=O)N(CCC(=O)O)c1ccncc1[N+](=O)[O-]. The summed E-state index contributed by atoms with van der Waals surface area (Å²) in [6.07, 6.45) is 1.04. The first-order valence-electron chi connectivity index (χ1n) is 6.42. The second-order valence-corrected chi connectivity index (χ2v) is 5.40. The lowest BCUT2D eigenvalue weighted by Gasteiger charge is -2.26. The summed E-state index contributed by atoms with van der Waals surface area (Å²) in [7, 11) is 0. The zero-order valence-electron chi connectivity index (χ0n) is 12.5. The highest BCUT2D eigenvalue weighted by Gasteiger charge is 2.28. The van der Waals surface area contributed by atoms with Gasteiger partial charge in [0.25, 0.3) is 0 Å². The third kappa shape index (κ3) is 5.00. The quantitative estimate of drug-likeness (QED) is 0.653. The smallest absolute Gasteiger partial charge is 0.415 e. The molecule has 9 nitrogen and oxygen atoms in total. The summed E-state index contributed by atoms with van der Waals surface area (Å²) in [4.78, 5) is 37.9. The first-order chi connectivity index (χ1) is 10.1. The standard InChI is InChI=1S/C13H17N3O6/c1-13(2,3)22-12(19)15(7-5-11(17)18)9-4-6-14-8-10(9)16(20)21/h4,6,8H,5,7H2,1-3H3,(H,17,18). The predicted molar refractivity (Wildman–Crippen MR) is 76.7 cm³/mol. The van der Waals surface area contributed by atoms with Crippen LogP contribution < -0.4 is 4.90 Å². The van der Waals surface area contributed by atoms with Gasteiger partial charge >= 0.3 is 17.7 Å². The van der Waals surface area contributed by atoms with Gasteiger partial charge in [-0.1, -0.05) is 0 Å². The van der Waals surface area contributed by atoms with Gasteiger partial charge in [-0.3, -0.25) is 24.8 Å². The number of carbonyl (C=O) groups is 2. The van der Waals surface area contributed by atoms with E-state index in [4.69, 9.17) is 9.84 Å². The van der Waals surface area contributed by atoms with E-state index in [0.717, 1.165) is 11.1 Å². The number of aromatic nitrogens is 1. The summed E-state index contributed by atoms with van der Waals surface area (Å²) in [6.45, 7) is 4.67. The molecule has 0 aliphatic rings. The normalized spacial score (nSPS) is 10.9. The number of amides is 1. The van der Waals surface area contributed by atoms with Crippen LogP contribution in [0.25, 0.3) is 0 Å². The Morgan fingerprint density at radius 1 is 1.45 bits per heavy atom. The summed E-state index contributed by atoms with van der Waals surface area (Å²) in [5.41, 5.74) is -1.28. The number of nitro groups is 1. The van der Waals surface area contributed by atoms with Gasteiger partial charge in [0.2, 0.25) is 0 Å². The lowest BCUT2D eigenvalue weighted by Crippen LogP contribution is -2.38. The highest BCUT2D eigenvalue weighted by molar-refractivity contribution is 5.91. The van der Waals surface area contributed by atoms with Crippen LogP contribution >= 0.6 is 0 Å². The molecule has 22 heavy (non-hydrogen) atoms. The van der Waals surface area contributed by atoms with E-state index in [1.807, 2.05) is 0 Å². The second kappa shape index (κ2) is 6.83. The average molecular weight is 311 g/mol. The van der Waals surface area contributed by atoms with Crippen molar-refractivity contribution in [3.63, 3.8) is 0 Å². The minimum atomic E-state index is -1.13. The maximum Gasteiger partial charge on any atom is 0.415 e. The molecule has 0 aliphatic carbocycles. The third-order valence-electron chi connectivity index (χ3n) is 2.43. The third-order valence-corrected chi connectivity index (χ3v) is 2.43. The topological polar surface area (TPSA) is 123 Å². The molecule has 0 radical (unpaired) electrons. The Morgan fingerprint density at radius 3 is 2.59 bits per heavy atom. The van der Waals surface area contributed by atoms with Crippen LogP contribution in [-0.2, 0) is 9.53 Å². The number of nitrogens with zero attached hydrogens (tertiary/aromatic N) is 3. The number of carboxylic acid groups (broad SMARTS) is 1. The largest absolute Gasteiger partial charge is 0.481 e. The molecule has 0 bridgehead atoms. The van der Waals surface area contributed by atoms with Crippen molar-refractivity contribution in [2.24, 2.45) is 0 Å². The monoisotopic (exact) mass is 311 g/mol. The van der Waals surface area contributed by atoms with Crippen LogP contribution in [0.5, 0.6) is 0 Å². The van der Waals surface area contributed by atoms with Crippen molar-refractivity contribution in [3.8, 4) is 0 Å². The maximum absolute atomic E-state index is 12.2. The molecule has 1 aromatic heterocycles. The van der Waals surface area contributed by atoms with Crippen molar-refractivity contribution in [1.82, 2.24) is 4.98 Å². The molecule has 1 aromatic rings. The molecule has 0 aromatic carbocycles. The van der Waals surface area contributed by atoms with Crippen LogP contribution in [0.4, 0.5) is 16.2 Å². The molecule has 0 saturated carbocycles.